The molecule has 3 rings (SSSR count). The molecular weight excluding hydrogens is 374 g/mol. The van der Waals surface area contributed by atoms with Crippen LogP contribution in [0.4, 0.5) is 11.4 Å². The highest BCUT2D eigenvalue weighted by atomic mass is 32.2. The van der Waals surface area contributed by atoms with Gasteiger partial charge in [0, 0.05) is 30.6 Å². The van der Waals surface area contributed by atoms with Crippen molar-refractivity contribution in [1.82, 2.24) is 4.98 Å². The van der Waals surface area contributed by atoms with Gasteiger partial charge in [-0.25, -0.2) is 8.42 Å². The summed E-state index contributed by atoms with van der Waals surface area (Å²) in [5.74, 6) is -0.313. The van der Waals surface area contributed by atoms with E-state index < -0.39 is 10.0 Å². The minimum absolute atomic E-state index is 0.313. The highest BCUT2D eigenvalue weighted by molar-refractivity contribution is 7.92. The molecule has 0 saturated carbocycles. The number of nitrogens with zero attached hydrogens (tertiary/aromatic N) is 2. The number of hydrogen-bond donors (Lipinski definition) is 1. The number of anilines is 2. The molecular formula is C21H21N3O3S. The van der Waals surface area contributed by atoms with Crippen molar-refractivity contribution < 1.29 is 13.2 Å². The summed E-state index contributed by atoms with van der Waals surface area (Å²) in [7, 11) is -2.04. The smallest absolute Gasteiger partial charge is 0.255 e. The Morgan fingerprint density at radius 3 is 2.36 bits per heavy atom. The normalized spacial score (nSPS) is 11.1. The maximum absolute atomic E-state index is 12.7. The number of amides is 1. The fraction of sp³-hybridized carbons (Fsp3) is 0.143. The predicted octanol–water partition coefficient (Wildman–Crippen LogP) is 3.71. The number of carbonyl (C=O) groups is 1. The molecule has 1 N–H and O–H groups in total. The van der Waals surface area contributed by atoms with Crippen molar-refractivity contribution in [3.05, 3.63) is 78.1 Å². The molecule has 0 radical (unpaired) electrons. The van der Waals surface area contributed by atoms with Crippen LogP contribution in [0.1, 0.15) is 15.9 Å². The van der Waals surface area contributed by atoms with Gasteiger partial charge in [-0.2, -0.15) is 0 Å². The van der Waals surface area contributed by atoms with Crippen molar-refractivity contribution in [2.75, 3.05) is 22.9 Å². The van der Waals surface area contributed by atoms with Crippen LogP contribution in [0.5, 0.6) is 0 Å². The summed E-state index contributed by atoms with van der Waals surface area (Å²) in [6.07, 6.45) is 4.50. The topological polar surface area (TPSA) is 79.4 Å². The molecule has 144 valence electrons. The van der Waals surface area contributed by atoms with E-state index in [2.05, 4.69) is 10.3 Å². The van der Waals surface area contributed by atoms with E-state index in [-0.39, 0.29) is 5.91 Å². The van der Waals surface area contributed by atoms with Crippen molar-refractivity contribution in [2.24, 2.45) is 0 Å². The highest BCUT2D eigenvalue weighted by Gasteiger charge is 2.18. The Labute approximate surface area is 164 Å². The molecule has 1 heterocycles. The average molecular weight is 395 g/mol. The number of benzene rings is 2. The lowest BCUT2D eigenvalue weighted by atomic mass is 10.1. The van der Waals surface area contributed by atoms with E-state index in [1.165, 1.54) is 7.05 Å². The number of rotatable bonds is 5. The fourth-order valence-corrected chi connectivity index (χ4v) is 3.22. The molecule has 0 aliphatic heterocycles. The number of pyridine rings is 1. The van der Waals surface area contributed by atoms with E-state index in [0.717, 1.165) is 27.3 Å². The van der Waals surface area contributed by atoms with Gasteiger partial charge in [-0.3, -0.25) is 14.1 Å². The molecule has 3 aromatic rings. The summed E-state index contributed by atoms with van der Waals surface area (Å²) in [6, 6.07) is 16.1. The zero-order chi connectivity index (χ0) is 20.3. The van der Waals surface area contributed by atoms with E-state index in [0.29, 0.717) is 16.9 Å². The second kappa shape index (κ2) is 7.82. The summed E-state index contributed by atoms with van der Waals surface area (Å²) < 4.78 is 25.2. The minimum Gasteiger partial charge on any atom is -0.320 e. The van der Waals surface area contributed by atoms with Gasteiger partial charge in [0.15, 0.2) is 0 Å². The molecule has 0 fully saturated rings. The zero-order valence-corrected chi connectivity index (χ0v) is 16.7. The number of aromatic nitrogens is 1. The van der Waals surface area contributed by atoms with Crippen LogP contribution >= 0.6 is 0 Å². The summed E-state index contributed by atoms with van der Waals surface area (Å²) in [5, 5.41) is 2.84. The van der Waals surface area contributed by atoms with Crippen molar-refractivity contribution in [1.29, 1.82) is 0 Å². The van der Waals surface area contributed by atoms with E-state index in [9.17, 15) is 13.2 Å². The summed E-state index contributed by atoms with van der Waals surface area (Å²) in [4.78, 5) is 16.8. The van der Waals surface area contributed by atoms with Gasteiger partial charge in [0.2, 0.25) is 10.0 Å². The van der Waals surface area contributed by atoms with E-state index in [4.69, 9.17) is 0 Å². The number of nitrogens with one attached hydrogen (secondary N) is 1. The summed E-state index contributed by atoms with van der Waals surface area (Å²) in [6.45, 7) is 1.94. The van der Waals surface area contributed by atoms with Gasteiger partial charge < -0.3 is 5.32 Å². The Bertz CT molecular complexity index is 1100. The van der Waals surface area contributed by atoms with Crippen LogP contribution < -0.4 is 9.62 Å². The molecule has 0 bridgehead atoms. The third kappa shape index (κ3) is 4.37. The number of sulfonamides is 1. The summed E-state index contributed by atoms with van der Waals surface area (Å²) >= 11 is 0. The van der Waals surface area contributed by atoms with Crippen LogP contribution in [0.25, 0.3) is 11.1 Å². The van der Waals surface area contributed by atoms with Gasteiger partial charge in [-0.15, -0.1) is 0 Å². The van der Waals surface area contributed by atoms with E-state index in [1.807, 2.05) is 31.2 Å². The molecule has 1 aromatic heterocycles. The van der Waals surface area contributed by atoms with E-state index >= 15 is 0 Å². The van der Waals surface area contributed by atoms with Crippen LogP contribution in [0.3, 0.4) is 0 Å². The van der Waals surface area contributed by atoms with Crippen LogP contribution in [0, 0.1) is 6.92 Å². The Morgan fingerprint density at radius 2 is 1.75 bits per heavy atom. The van der Waals surface area contributed by atoms with Gasteiger partial charge >= 0.3 is 0 Å². The second-order valence-electron chi connectivity index (χ2n) is 6.52. The molecule has 2 aromatic carbocycles. The van der Waals surface area contributed by atoms with Crippen LogP contribution in [0.15, 0.2) is 67.0 Å². The molecule has 6 nitrogen and oxygen atoms in total. The van der Waals surface area contributed by atoms with E-state index in [1.54, 1.807) is 42.7 Å². The second-order valence-corrected chi connectivity index (χ2v) is 8.54. The van der Waals surface area contributed by atoms with Crippen molar-refractivity contribution >= 4 is 27.3 Å². The largest absolute Gasteiger partial charge is 0.320 e. The quantitative estimate of drug-likeness (QED) is 0.714. The Morgan fingerprint density at radius 1 is 1.04 bits per heavy atom. The molecule has 28 heavy (non-hydrogen) atoms. The molecule has 7 heteroatoms. The fourth-order valence-electron chi connectivity index (χ4n) is 2.70. The molecule has 1 amide bonds. The zero-order valence-electron chi connectivity index (χ0n) is 15.9. The first-order valence-electron chi connectivity index (χ1n) is 8.62. The first kappa shape index (κ1) is 19.6. The van der Waals surface area contributed by atoms with Crippen LogP contribution in [0.2, 0.25) is 0 Å². The Hall–Kier alpha value is -3.19. The van der Waals surface area contributed by atoms with Gasteiger partial charge in [0.1, 0.15) is 0 Å². The Kier molecular flexibility index (Phi) is 5.46. The van der Waals surface area contributed by atoms with Crippen molar-refractivity contribution in [3.8, 4) is 11.1 Å². The minimum atomic E-state index is -3.49. The third-order valence-corrected chi connectivity index (χ3v) is 5.58. The van der Waals surface area contributed by atoms with Crippen molar-refractivity contribution in [2.45, 2.75) is 6.92 Å². The predicted molar refractivity (Wildman–Crippen MR) is 112 cm³/mol. The van der Waals surface area contributed by atoms with Gasteiger partial charge in [-0.05, 0) is 42.8 Å². The van der Waals surface area contributed by atoms with Crippen LogP contribution in [-0.4, -0.2) is 32.6 Å². The maximum atomic E-state index is 12.7. The standard InChI is InChI=1S/C21H21N3O3S/c1-15-6-8-16(9-7-15)21(25)23-19-13-17(18-5-4-12-22-14-18)10-11-20(19)24(2)28(3,26)27/h4-14H,1-3H3,(H,23,25). The molecule has 0 unspecified atom stereocenters. The van der Waals surface area contributed by atoms with Gasteiger partial charge in [-0.1, -0.05) is 29.8 Å². The van der Waals surface area contributed by atoms with Crippen LogP contribution in [-0.2, 0) is 10.0 Å². The van der Waals surface area contributed by atoms with Crippen molar-refractivity contribution in [3.63, 3.8) is 0 Å². The van der Waals surface area contributed by atoms with Gasteiger partial charge in [0.05, 0.1) is 17.6 Å². The monoisotopic (exact) mass is 395 g/mol. The average Bonchev–Trinajstić information content (AvgIpc) is 2.68. The van der Waals surface area contributed by atoms with Gasteiger partial charge in [0.25, 0.3) is 5.91 Å². The molecule has 0 saturated heterocycles. The number of aryl methyl sites for hydroxylation is 1. The molecule has 0 aliphatic rings. The maximum Gasteiger partial charge on any atom is 0.255 e. The molecule has 0 atom stereocenters. The SMILES string of the molecule is Cc1ccc(C(=O)Nc2cc(-c3cccnc3)ccc2N(C)S(C)(=O)=O)cc1. The third-order valence-electron chi connectivity index (χ3n) is 4.39. The first-order valence-corrected chi connectivity index (χ1v) is 10.5. The lowest BCUT2D eigenvalue weighted by molar-refractivity contribution is 0.102. The Balaban J connectivity index is 2.04. The first-order chi connectivity index (χ1) is 13.3. The number of carbonyl (C=O) groups excluding carboxylic acids is 1. The molecule has 0 spiro atoms. The highest BCUT2D eigenvalue weighted by Crippen LogP contribution is 2.32. The molecule has 0 aliphatic carbocycles. The lowest BCUT2D eigenvalue weighted by Gasteiger charge is -2.21. The summed E-state index contributed by atoms with van der Waals surface area (Å²) in [5.41, 5.74) is 4.01. The number of hydrogen-bond acceptors (Lipinski definition) is 4. The lowest BCUT2D eigenvalue weighted by Crippen LogP contribution is -2.26.